The van der Waals surface area contributed by atoms with E-state index in [0.29, 0.717) is 11.1 Å². The molecule has 2 rings (SSSR count). The number of hydrogen-bond acceptors (Lipinski definition) is 5. The topological polar surface area (TPSA) is 105 Å². The van der Waals surface area contributed by atoms with Crippen LogP contribution in [-0.4, -0.2) is 26.5 Å². The van der Waals surface area contributed by atoms with Crippen molar-refractivity contribution < 1.29 is 14.8 Å². The van der Waals surface area contributed by atoms with Gasteiger partial charge in [0.15, 0.2) is 0 Å². The summed E-state index contributed by atoms with van der Waals surface area (Å²) in [5, 5.41) is 23.6. The highest BCUT2D eigenvalue weighted by Crippen LogP contribution is 2.30. The van der Waals surface area contributed by atoms with E-state index in [0.717, 1.165) is 0 Å². The van der Waals surface area contributed by atoms with Crippen LogP contribution in [0.5, 0.6) is 0 Å². The number of nitro benzene ring substituents is 1. The molecule has 1 aromatic heterocycles. The monoisotopic (exact) mass is 289 g/mol. The zero-order valence-electron chi connectivity index (χ0n) is 11.7. The lowest BCUT2D eigenvalue weighted by molar-refractivity contribution is -0.383. The summed E-state index contributed by atoms with van der Waals surface area (Å²) < 4.78 is 0. The number of pyridine rings is 1. The van der Waals surface area contributed by atoms with Crippen molar-refractivity contribution in [1.82, 2.24) is 4.98 Å². The number of nitrogens with one attached hydrogen (secondary N) is 1. The molecule has 0 unspecified atom stereocenters. The molecule has 0 aliphatic rings. The molecule has 0 fully saturated rings. The lowest BCUT2D eigenvalue weighted by Crippen LogP contribution is -2.33. The van der Waals surface area contributed by atoms with E-state index >= 15 is 0 Å². The van der Waals surface area contributed by atoms with Crippen LogP contribution in [0.2, 0.25) is 0 Å². The second-order valence-corrected chi connectivity index (χ2v) is 5.37. The highest BCUT2D eigenvalue weighted by molar-refractivity contribution is 5.96. The van der Waals surface area contributed by atoms with Crippen LogP contribution < -0.4 is 5.32 Å². The predicted octanol–water partition coefficient (Wildman–Crippen LogP) is 2.81. The van der Waals surface area contributed by atoms with Crippen molar-refractivity contribution in [3.05, 3.63) is 40.6 Å². The summed E-state index contributed by atoms with van der Waals surface area (Å²) >= 11 is 0. The fourth-order valence-corrected chi connectivity index (χ4v) is 2.20. The van der Waals surface area contributed by atoms with Crippen LogP contribution in [0.25, 0.3) is 10.9 Å². The largest absolute Gasteiger partial charge is 0.481 e. The Morgan fingerprint density at radius 2 is 2.14 bits per heavy atom. The molecule has 2 aromatic rings. The van der Waals surface area contributed by atoms with E-state index < -0.39 is 16.4 Å². The maximum absolute atomic E-state index is 11.0. The number of nitro groups is 1. The minimum Gasteiger partial charge on any atom is -0.481 e. The normalized spacial score (nSPS) is 11.3. The number of rotatable bonds is 5. The third-order valence-corrected chi connectivity index (χ3v) is 3.01. The molecule has 7 nitrogen and oxygen atoms in total. The van der Waals surface area contributed by atoms with Crippen molar-refractivity contribution in [2.45, 2.75) is 25.8 Å². The van der Waals surface area contributed by atoms with Crippen LogP contribution in [-0.2, 0) is 4.79 Å². The first-order chi connectivity index (χ1) is 9.80. The zero-order valence-corrected chi connectivity index (χ0v) is 11.7. The third kappa shape index (κ3) is 3.25. The Morgan fingerprint density at radius 3 is 2.76 bits per heavy atom. The summed E-state index contributed by atoms with van der Waals surface area (Å²) in [6.07, 6.45) is 1.39. The Morgan fingerprint density at radius 1 is 1.43 bits per heavy atom. The van der Waals surface area contributed by atoms with Crippen LogP contribution in [0, 0.1) is 10.1 Å². The van der Waals surface area contributed by atoms with Gasteiger partial charge in [0, 0.05) is 28.9 Å². The van der Waals surface area contributed by atoms with Gasteiger partial charge in [0.05, 0.1) is 11.3 Å². The standard InChI is InChI=1S/C14H15N3O4/c1-14(2,8-12(18)19)16-10-6-7-15-13-9(10)4-3-5-11(13)17(20)21/h3-7H,8H2,1-2H3,(H,15,16)(H,18,19). The first-order valence-electron chi connectivity index (χ1n) is 6.32. The number of anilines is 1. The molecule has 0 aliphatic heterocycles. The molecule has 1 heterocycles. The zero-order chi connectivity index (χ0) is 15.6. The van der Waals surface area contributed by atoms with Gasteiger partial charge in [0.2, 0.25) is 0 Å². The number of carboxylic acids is 1. The lowest BCUT2D eigenvalue weighted by Gasteiger charge is -2.26. The van der Waals surface area contributed by atoms with E-state index in [1.807, 2.05) is 0 Å². The molecule has 0 spiro atoms. The van der Waals surface area contributed by atoms with Crippen molar-refractivity contribution in [3.8, 4) is 0 Å². The highest BCUT2D eigenvalue weighted by atomic mass is 16.6. The predicted molar refractivity (Wildman–Crippen MR) is 78.4 cm³/mol. The van der Waals surface area contributed by atoms with Crippen molar-refractivity contribution >= 4 is 28.2 Å². The summed E-state index contributed by atoms with van der Waals surface area (Å²) in [5.41, 5.74) is 0.130. The molecule has 0 saturated carbocycles. The summed E-state index contributed by atoms with van der Waals surface area (Å²) in [6, 6.07) is 6.36. The fourth-order valence-electron chi connectivity index (χ4n) is 2.20. The van der Waals surface area contributed by atoms with Gasteiger partial charge in [-0.25, -0.2) is 4.98 Å². The number of aromatic nitrogens is 1. The molecular formula is C14H15N3O4. The Hall–Kier alpha value is -2.70. The Labute approximate surface area is 120 Å². The van der Waals surface area contributed by atoms with Crippen molar-refractivity contribution in [2.75, 3.05) is 5.32 Å². The van der Waals surface area contributed by atoms with E-state index in [1.165, 1.54) is 12.3 Å². The fraction of sp³-hybridized carbons (Fsp3) is 0.286. The summed E-state index contributed by atoms with van der Waals surface area (Å²) in [4.78, 5) is 25.5. The number of carboxylic acid groups (broad SMARTS) is 1. The molecule has 110 valence electrons. The quantitative estimate of drug-likeness (QED) is 0.647. The van der Waals surface area contributed by atoms with Crippen LogP contribution >= 0.6 is 0 Å². The number of fused-ring (bicyclic) bond motifs is 1. The molecule has 0 amide bonds. The smallest absolute Gasteiger partial charge is 0.305 e. The number of aliphatic carboxylic acids is 1. The average molecular weight is 289 g/mol. The first kappa shape index (κ1) is 14.7. The van der Waals surface area contributed by atoms with E-state index in [9.17, 15) is 14.9 Å². The van der Waals surface area contributed by atoms with Crippen LogP contribution in [0.1, 0.15) is 20.3 Å². The number of carbonyl (C=O) groups is 1. The number of non-ortho nitro benzene ring substituents is 1. The second-order valence-electron chi connectivity index (χ2n) is 5.37. The van der Waals surface area contributed by atoms with Crippen LogP contribution in [0.3, 0.4) is 0 Å². The summed E-state index contributed by atoms with van der Waals surface area (Å²) in [7, 11) is 0. The molecule has 0 bridgehead atoms. The molecule has 0 aliphatic carbocycles. The summed E-state index contributed by atoms with van der Waals surface area (Å²) in [6.45, 7) is 3.51. The van der Waals surface area contributed by atoms with Gasteiger partial charge in [-0.3, -0.25) is 14.9 Å². The highest BCUT2D eigenvalue weighted by Gasteiger charge is 2.23. The molecule has 1 aromatic carbocycles. The molecule has 0 radical (unpaired) electrons. The maximum Gasteiger partial charge on any atom is 0.305 e. The molecule has 2 N–H and O–H groups in total. The van der Waals surface area contributed by atoms with Gasteiger partial charge in [-0.15, -0.1) is 0 Å². The van der Waals surface area contributed by atoms with Gasteiger partial charge >= 0.3 is 5.97 Å². The van der Waals surface area contributed by atoms with E-state index in [4.69, 9.17) is 5.11 Å². The molecule has 0 atom stereocenters. The molecule has 7 heteroatoms. The number of nitrogens with zero attached hydrogens (tertiary/aromatic N) is 2. The lowest BCUT2D eigenvalue weighted by atomic mass is 9.99. The molecule has 0 saturated heterocycles. The van der Waals surface area contributed by atoms with Gasteiger partial charge in [0.25, 0.3) is 5.69 Å². The number of benzene rings is 1. The van der Waals surface area contributed by atoms with Gasteiger partial charge in [0.1, 0.15) is 5.52 Å². The van der Waals surface area contributed by atoms with Gasteiger partial charge in [-0.1, -0.05) is 12.1 Å². The third-order valence-electron chi connectivity index (χ3n) is 3.01. The average Bonchev–Trinajstić information content (AvgIpc) is 2.36. The Bertz CT molecular complexity index is 712. The van der Waals surface area contributed by atoms with E-state index in [2.05, 4.69) is 10.3 Å². The van der Waals surface area contributed by atoms with Crippen LogP contribution in [0.15, 0.2) is 30.5 Å². The van der Waals surface area contributed by atoms with Gasteiger partial charge in [-0.2, -0.15) is 0 Å². The first-order valence-corrected chi connectivity index (χ1v) is 6.32. The van der Waals surface area contributed by atoms with Gasteiger partial charge < -0.3 is 10.4 Å². The van der Waals surface area contributed by atoms with E-state index in [1.54, 1.807) is 32.0 Å². The summed E-state index contributed by atoms with van der Waals surface area (Å²) in [5.74, 6) is -0.920. The van der Waals surface area contributed by atoms with E-state index in [-0.39, 0.29) is 17.6 Å². The van der Waals surface area contributed by atoms with Crippen molar-refractivity contribution in [3.63, 3.8) is 0 Å². The minimum atomic E-state index is -0.920. The molecule has 21 heavy (non-hydrogen) atoms. The maximum atomic E-state index is 11.0. The number of hydrogen-bond donors (Lipinski definition) is 2. The number of para-hydroxylation sites is 1. The van der Waals surface area contributed by atoms with Gasteiger partial charge in [-0.05, 0) is 19.9 Å². The Kier molecular flexibility index (Phi) is 3.75. The SMILES string of the molecule is CC(C)(CC(=O)O)Nc1ccnc2c([N+](=O)[O-])cccc12. The van der Waals surface area contributed by atoms with Crippen LogP contribution in [0.4, 0.5) is 11.4 Å². The minimum absolute atomic E-state index is 0.0767. The van der Waals surface area contributed by atoms with Crippen molar-refractivity contribution in [1.29, 1.82) is 0 Å². The van der Waals surface area contributed by atoms with Crippen molar-refractivity contribution in [2.24, 2.45) is 0 Å². The molecular weight excluding hydrogens is 274 g/mol. The second kappa shape index (κ2) is 5.35. The Balaban J connectivity index is 2.49.